The number of ether oxygens (including phenoxy) is 5. The van der Waals surface area contributed by atoms with E-state index in [1.165, 1.54) is 17.0 Å². The van der Waals surface area contributed by atoms with Crippen LogP contribution in [-0.4, -0.2) is 64.4 Å². The van der Waals surface area contributed by atoms with E-state index in [0.29, 0.717) is 18.8 Å². The predicted octanol–water partition coefficient (Wildman–Crippen LogP) is 5.01. The van der Waals surface area contributed by atoms with Gasteiger partial charge < -0.3 is 34.0 Å². The summed E-state index contributed by atoms with van der Waals surface area (Å²) in [6, 6.07) is 4.52. The van der Waals surface area contributed by atoms with Gasteiger partial charge in [0.2, 0.25) is 0 Å². The maximum atomic E-state index is 6.04. The minimum atomic E-state index is -0.322. The molecule has 1 aliphatic carbocycles. The van der Waals surface area contributed by atoms with Gasteiger partial charge in [-0.2, -0.15) is 0 Å². The van der Waals surface area contributed by atoms with Crippen LogP contribution in [0.1, 0.15) is 63.5 Å². The molecule has 0 unspecified atom stereocenters. The molecule has 2 aliphatic heterocycles. The molecular formula is C28H43N3O5S. The van der Waals surface area contributed by atoms with Gasteiger partial charge in [-0.05, 0) is 63.1 Å². The van der Waals surface area contributed by atoms with Crippen molar-refractivity contribution >= 4 is 17.5 Å². The molecule has 3 aliphatic rings. The molecule has 0 bridgehead atoms. The number of hydrogen-bond acceptors (Lipinski definition) is 9. The van der Waals surface area contributed by atoms with E-state index in [2.05, 4.69) is 35.0 Å². The molecule has 1 aromatic carbocycles. The van der Waals surface area contributed by atoms with E-state index < -0.39 is 0 Å². The highest BCUT2D eigenvalue weighted by Gasteiger charge is 2.31. The number of hydrogen-bond donors (Lipinski definition) is 2. The average Bonchev–Trinajstić information content (AvgIpc) is 2.89. The SMILES string of the molecule is CCCN(C1=C(C)SC=C(c2c(OC)cc(COC3CCC3)cc2OC)NN[C@H]1OC)C1CCOCC1. The summed E-state index contributed by atoms with van der Waals surface area (Å²) in [6.45, 7) is 7.53. The molecule has 0 aromatic heterocycles. The van der Waals surface area contributed by atoms with Crippen molar-refractivity contribution in [2.75, 3.05) is 41.1 Å². The molecule has 1 atom stereocenters. The monoisotopic (exact) mass is 533 g/mol. The van der Waals surface area contributed by atoms with Crippen molar-refractivity contribution in [3.63, 3.8) is 0 Å². The van der Waals surface area contributed by atoms with Gasteiger partial charge in [-0.15, -0.1) is 0 Å². The van der Waals surface area contributed by atoms with E-state index in [1.54, 1.807) is 33.1 Å². The second-order valence-corrected chi connectivity index (χ2v) is 10.8. The summed E-state index contributed by atoms with van der Waals surface area (Å²) >= 11 is 1.69. The summed E-state index contributed by atoms with van der Waals surface area (Å²) in [5, 5.41) is 2.12. The van der Waals surface area contributed by atoms with E-state index >= 15 is 0 Å². The lowest BCUT2D eigenvalue weighted by Crippen LogP contribution is -2.50. The smallest absolute Gasteiger partial charge is 0.165 e. The lowest BCUT2D eigenvalue weighted by Gasteiger charge is -2.41. The van der Waals surface area contributed by atoms with Crippen molar-refractivity contribution < 1.29 is 23.7 Å². The number of benzene rings is 1. The number of methoxy groups -OCH3 is 3. The number of hydrazine groups is 1. The molecule has 1 saturated carbocycles. The summed E-state index contributed by atoms with van der Waals surface area (Å²) in [4.78, 5) is 3.71. The zero-order chi connectivity index (χ0) is 26.2. The van der Waals surface area contributed by atoms with Crippen molar-refractivity contribution in [1.82, 2.24) is 15.8 Å². The maximum absolute atomic E-state index is 6.04. The molecular weight excluding hydrogens is 490 g/mol. The van der Waals surface area contributed by atoms with Crippen LogP contribution in [0.2, 0.25) is 0 Å². The largest absolute Gasteiger partial charge is 0.496 e. The van der Waals surface area contributed by atoms with Gasteiger partial charge in [-0.25, -0.2) is 5.43 Å². The van der Waals surface area contributed by atoms with E-state index in [4.69, 9.17) is 23.7 Å². The van der Waals surface area contributed by atoms with E-state index in [-0.39, 0.29) is 6.23 Å². The molecule has 9 heteroatoms. The van der Waals surface area contributed by atoms with E-state index in [9.17, 15) is 0 Å². The van der Waals surface area contributed by atoms with E-state index in [0.717, 1.165) is 80.2 Å². The second-order valence-electron chi connectivity index (χ2n) is 9.75. The summed E-state index contributed by atoms with van der Waals surface area (Å²) in [5.41, 5.74) is 10.8. The van der Waals surface area contributed by atoms with Gasteiger partial charge in [0.1, 0.15) is 11.5 Å². The molecule has 37 heavy (non-hydrogen) atoms. The van der Waals surface area contributed by atoms with Crippen LogP contribution in [0.3, 0.4) is 0 Å². The third kappa shape index (κ3) is 6.75. The Bertz CT molecular complexity index is 934. The lowest BCUT2D eigenvalue weighted by molar-refractivity contribution is -0.00878. The first-order valence-electron chi connectivity index (χ1n) is 13.4. The van der Waals surface area contributed by atoms with E-state index in [1.807, 2.05) is 12.1 Å². The van der Waals surface area contributed by atoms with Crippen LogP contribution in [0.4, 0.5) is 0 Å². The van der Waals surface area contributed by atoms with Crippen LogP contribution in [0.15, 0.2) is 28.1 Å². The second kappa shape index (κ2) is 13.8. The molecule has 206 valence electrons. The fourth-order valence-corrected chi connectivity index (χ4v) is 5.90. The van der Waals surface area contributed by atoms with Gasteiger partial charge in [0.15, 0.2) is 6.23 Å². The molecule has 2 heterocycles. The first-order chi connectivity index (χ1) is 18.1. The van der Waals surface area contributed by atoms with Crippen molar-refractivity contribution in [1.29, 1.82) is 0 Å². The summed E-state index contributed by atoms with van der Waals surface area (Å²) in [5.74, 6) is 1.47. The molecule has 0 amide bonds. The highest BCUT2D eigenvalue weighted by Crippen LogP contribution is 2.39. The number of nitrogens with zero attached hydrogens (tertiary/aromatic N) is 1. The number of thioether (sulfide) groups is 1. The Balaban J connectivity index is 1.63. The molecule has 4 rings (SSSR count). The van der Waals surface area contributed by atoms with Crippen LogP contribution >= 0.6 is 11.8 Å². The molecule has 8 nitrogen and oxygen atoms in total. The maximum Gasteiger partial charge on any atom is 0.165 e. The highest BCUT2D eigenvalue weighted by atomic mass is 32.2. The van der Waals surface area contributed by atoms with Crippen molar-refractivity contribution in [3.8, 4) is 11.5 Å². The van der Waals surface area contributed by atoms with Crippen molar-refractivity contribution in [2.24, 2.45) is 0 Å². The number of nitrogens with one attached hydrogen (secondary N) is 2. The Morgan fingerprint density at radius 2 is 1.76 bits per heavy atom. The molecule has 2 N–H and O–H groups in total. The van der Waals surface area contributed by atoms with Gasteiger partial charge in [0.05, 0.1) is 43.9 Å². The highest BCUT2D eigenvalue weighted by molar-refractivity contribution is 8.06. The first-order valence-corrected chi connectivity index (χ1v) is 14.3. The average molecular weight is 534 g/mol. The zero-order valence-electron chi connectivity index (χ0n) is 22.9. The standard InChI is InChI=1S/C28H43N3O5S/c1-6-12-31(21-10-13-35-14-11-21)27-19(2)37-18-23(29-30-28(27)34-5)26-24(32-3)15-20(16-25(26)33-4)17-36-22-8-7-9-22/h15-16,18,21-22,28-30H,6-14,17H2,1-5H3/t28-/m0/s1. The van der Waals surface area contributed by atoms with Crippen molar-refractivity contribution in [2.45, 2.75) is 77.4 Å². The molecule has 2 fully saturated rings. The number of allylic oxidation sites excluding steroid dienone is 1. The Hall–Kier alpha value is -1.91. The molecule has 1 aromatic rings. The molecule has 1 saturated heterocycles. The van der Waals surface area contributed by atoms with Crippen LogP contribution in [0.25, 0.3) is 5.70 Å². The summed E-state index contributed by atoms with van der Waals surface area (Å²) in [6.07, 6.45) is 6.71. The van der Waals surface area contributed by atoms with Gasteiger partial charge >= 0.3 is 0 Å². The first kappa shape index (κ1) is 28.1. The fourth-order valence-electron chi connectivity index (χ4n) is 5.08. The molecule has 0 spiro atoms. The summed E-state index contributed by atoms with van der Waals surface area (Å²) < 4.78 is 29.3. The zero-order valence-corrected chi connectivity index (χ0v) is 23.7. The number of rotatable bonds is 11. The third-order valence-corrected chi connectivity index (χ3v) is 8.23. The Morgan fingerprint density at radius 1 is 1.05 bits per heavy atom. The Morgan fingerprint density at radius 3 is 2.32 bits per heavy atom. The normalized spacial score (nSPS) is 21.4. The van der Waals surface area contributed by atoms with Gasteiger partial charge in [-0.1, -0.05) is 18.7 Å². The summed E-state index contributed by atoms with van der Waals surface area (Å²) in [7, 11) is 5.13. The third-order valence-electron chi connectivity index (χ3n) is 7.31. The minimum Gasteiger partial charge on any atom is -0.496 e. The van der Waals surface area contributed by atoms with Gasteiger partial charge in [0, 0.05) is 43.2 Å². The van der Waals surface area contributed by atoms with Crippen molar-refractivity contribution in [3.05, 3.63) is 39.3 Å². The fraction of sp³-hybridized carbons (Fsp3) is 0.643. The Kier molecular flexibility index (Phi) is 10.5. The Labute approximate surface area is 226 Å². The topological polar surface area (TPSA) is 73.5 Å². The van der Waals surface area contributed by atoms with Crippen LogP contribution in [-0.2, 0) is 20.8 Å². The lowest BCUT2D eigenvalue weighted by atomic mass is 9.96. The van der Waals surface area contributed by atoms with Crippen LogP contribution in [0.5, 0.6) is 11.5 Å². The quantitative estimate of drug-likeness (QED) is 0.408. The van der Waals surface area contributed by atoms with Crippen LogP contribution in [0, 0.1) is 0 Å². The molecule has 0 radical (unpaired) electrons. The van der Waals surface area contributed by atoms with Gasteiger partial charge in [0.25, 0.3) is 0 Å². The predicted molar refractivity (Wildman–Crippen MR) is 148 cm³/mol. The van der Waals surface area contributed by atoms with Crippen LogP contribution < -0.4 is 20.3 Å². The van der Waals surface area contributed by atoms with Gasteiger partial charge in [-0.3, -0.25) is 0 Å². The minimum absolute atomic E-state index is 0.322.